The minimum atomic E-state index is -0.121. The predicted octanol–water partition coefficient (Wildman–Crippen LogP) is 7.00. The maximum atomic E-state index is 13.7. The summed E-state index contributed by atoms with van der Waals surface area (Å²) in [7, 11) is 7.34. The van der Waals surface area contributed by atoms with E-state index >= 15 is 0 Å². The van der Waals surface area contributed by atoms with Crippen LogP contribution in [0.2, 0.25) is 0 Å². The second kappa shape index (κ2) is 13.5. The Morgan fingerprint density at radius 1 is 1.10 bits per heavy atom. The number of carbonyl (C=O) groups excluding carboxylic acids is 1. The van der Waals surface area contributed by atoms with E-state index in [0.29, 0.717) is 24.5 Å². The molecule has 2 aromatic carbocycles. The fourth-order valence-corrected chi connectivity index (χ4v) is 5.00. The summed E-state index contributed by atoms with van der Waals surface area (Å²) in [5.74, 6) is 1.37. The lowest BCUT2D eigenvalue weighted by Crippen LogP contribution is -2.21. The quantitative estimate of drug-likeness (QED) is 0.239. The van der Waals surface area contributed by atoms with E-state index in [2.05, 4.69) is 67.3 Å². The Morgan fingerprint density at radius 2 is 1.87 bits per heavy atom. The highest BCUT2D eigenvalue weighted by Gasteiger charge is 2.25. The molecular weight excluding hydrogens is 488 g/mol. The zero-order chi connectivity index (χ0) is 28.6. The van der Waals surface area contributed by atoms with Crippen LogP contribution in [0.4, 0.5) is 11.4 Å². The van der Waals surface area contributed by atoms with E-state index in [9.17, 15) is 4.79 Å². The summed E-state index contributed by atoms with van der Waals surface area (Å²) in [5.41, 5.74) is 4.96. The van der Waals surface area contributed by atoms with Gasteiger partial charge in [0.1, 0.15) is 0 Å². The molecule has 0 spiro atoms. The fourth-order valence-electron chi connectivity index (χ4n) is 5.00. The van der Waals surface area contributed by atoms with Crippen molar-refractivity contribution < 1.29 is 14.3 Å². The zero-order valence-electron chi connectivity index (χ0n) is 25.0. The lowest BCUT2D eigenvalue weighted by Gasteiger charge is -2.26. The lowest BCUT2D eigenvalue weighted by atomic mass is 9.84. The SMILES string of the molecule is CCCCCC(CC(=O)Nc1cc(Cn2cccn2)ccc1C(C)(C)C)c1cc(N(C)C)cc(OC)c1OC. The molecular formula is C32H46N4O3. The monoisotopic (exact) mass is 534 g/mol. The number of nitrogens with one attached hydrogen (secondary N) is 1. The largest absolute Gasteiger partial charge is 0.493 e. The van der Waals surface area contributed by atoms with Crippen molar-refractivity contribution in [2.24, 2.45) is 0 Å². The van der Waals surface area contributed by atoms with Crippen LogP contribution in [0.3, 0.4) is 0 Å². The molecule has 3 aromatic rings. The number of hydrogen-bond donors (Lipinski definition) is 1. The van der Waals surface area contributed by atoms with Crippen LogP contribution >= 0.6 is 0 Å². The average molecular weight is 535 g/mol. The van der Waals surface area contributed by atoms with Gasteiger partial charge in [-0.3, -0.25) is 9.48 Å². The molecule has 0 saturated heterocycles. The smallest absolute Gasteiger partial charge is 0.224 e. The van der Waals surface area contributed by atoms with Gasteiger partial charge in [-0.25, -0.2) is 0 Å². The number of anilines is 2. The first-order valence-electron chi connectivity index (χ1n) is 13.9. The third kappa shape index (κ3) is 8.01. The highest BCUT2D eigenvalue weighted by Crippen LogP contribution is 2.42. The van der Waals surface area contributed by atoms with E-state index in [1.807, 2.05) is 37.1 Å². The van der Waals surface area contributed by atoms with Gasteiger partial charge in [-0.2, -0.15) is 5.10 Å². The standard InChI is InChI=1S/C32H46N4O3/c1-9-10-11-13-24(26-20-25(35(5)6)21-29(38-7)31(26)39-8)19-30(37)34-28-18-23(22-36-17-12-16-33-36)14-15-27(28)32(2,3)4/h12,14-18,20-21,24H,9-11,13,19,22H2,1-8H3,(H,34,37). The number of methoxy groups -OCH3 is 2. The first kappa shape index (κ1) is 30.1. The van der Waals surface area contributed by atoms with E-state index in [-0.39, 0.29) is 17.2 Å². The number of ether oxygens (including phenoxy) is 2. The van der Waals surface area contributed by atoms with E-state index in [0.717, 1.165) is 53.7 Å². The van der Waals surface area contributed by atoms with Crippen molar-refractivity contribution in [2.75, 3.05) is 38.5 Å². The van der Waals surface area contributed by atoms with Crippen LogP contribution in [0.5, 0.6) is 11.5 Å². The highest BCUT2D eigenvalue weighted by atomic mass is 16.5. The molecule has 1 unspecified atom stereocenters. The maximum Gasteiger partial charge on any atom is 0.224 e. The number of benzene rings is 2. The molecule has 1 amide bonds. The maximum absolute atomic E-state index is 13.7. The molecule has 0 aliphatic rings. The molecule has 0 saturated carbocycles. The molecule has 39 heavy (non-hydrogen) atoms. The van der Waals surface area contributed by atoms with Crippen molar-refractivity contribution in [3.8, 4) is 11.5 Å². The summed E-state index contributed by atoms with van der Waals surface area (Å²) < 4.78 is 13.4. The van der Waals surface area contributed by atoms with Crippen molar-refractivity contribution in [1.29, 1.82) is 0 Å². The number of hydrogen-bond acceptors (Lipinski definition) is 5. The Labute approximate surface area is 234 Å². The minimum Gasteiger partial charge on any atom is -0.493 e. The molecule has 0 fully saturated rings. The number of aromatic nitrogens is 2. The molecule has 7 heteroatoms. The molecule has 0 bridgehead atoms. The third-order valence-electron chi connectivity index (χ3n) is 7.11. The molecule has 1 heterocycles. The van der Waals surface area contributed by atoms with Crippen molar-refractivity contribution in [3.63, 3.8) is 0 Å². The van der Waals surface area contributed by atoms with E-state index in [4.69, 9.17) is 9.47 Å². The van der Waals surface area contributed by atoms with Crippen LogP contribution in [0.1, 0.15) is 82.4 Å². The number of rotatable bonds is 13. The van der Waals surface area contributed by atoms with Gasteiger partial charge < -0.3 is 19.7 Å². The second-order valence-electron chi connectivity index (χ2n) is 11.4. The van der Waals surface area contributed by atoms with E-state index < -0.39 is 0 Å². The topological polar surface area (TPSA) is 68.6 Å². The Hall–Kier alpha value is -3.48. The van der Waals surface area contributed by atoms with Gasteiger partial charge in [0.05, 0.1) is 20.8 Å². The number of carbonyl (C=O) groups is 1. The summed E-state index contributed by atoms with van der Waals surface area (Å²) in [6.07, 6.45) is 8.25. The van der Waals surface area contributed by atoms with Gasteiger partial charge in [0.15, 0.2) is 11.5 Å². The van der Waals surface area contributed by atoms with Crippen LogP contribution in [0, 0.1) is 0 Å². The van der Waals surface area contributed by atoms with Crippen molar-refractivity contribution in [2.45, 2.75) is 77.7 Å². The molecule has 0 aliphatic carbocycles. The third-order valence-corrected chi connectivity index (χ3v) is 7.11. The number of amides is 1. The average Bonchev–Trinajstić information content (AvgIpc) is 3.39. The summed E-state index contributed by atoms with van der Waals surface area (Å²) >= 11 is 0. The van der Waals surface area contributed by atoms with Crippen LogP contribution < -0.4 is 19.7 Å². The van der Waals surface area contributed by atoms with Crippen LogP contribution in [0.25, 0.3) is 0 Å². The molecule has 212 valence electrons. The summed E-state index contributed by atoms with van der Waals surface area (Å²) in [6.45, 7) is 9.35. The van der Waals surface area contributed by atoms with E-state index in [1.165, 1.54) is 0 Å². The minimum absolute atomic E-state index is 0.00508. The fraction of sp³-hybridized carbons (Fsp3) is 0.500. The van der Waals surface area contributed by atoms with Gasteiger partial charge in [-0.05, 0) is 47.1 Å². The van der Waals surface area contributed by atoms with Crippen molar-refractivity contribution in [1.82, 2.24) is 9.78 Å². The van der Waals surface area contributed by atoms with Gasteiger partial charge in [-0.15, -0.1) is 0 Å². The van der Waals surface area contributed by atoms with Crippen molar-refractivity contribution >= 4 is 17.3 Å². The van der Waals surface area contributed by atoms with Crippen LogP contribution in [-0.2, 0) is 16.8 Å². The van der Waals surface area contributed by atoms with Crippen LogP contribution in [-0.4, -0.2) is 44.0 Å². The summed E-state index contributed by atoms with van der Waals surface area (Å²) in [6, 6.07) is 12.4. The predicted molar refractivity (Wildman–Crippen MR) is 160 cm³/mol. The van der Waals surface area contributed by atoms with Gasteiger partial charge in [0.25, 0.3) is 0 Å². The number of nitrogens with zero attached hydrogens (tertiary/aromatic N) is 3. The zero-order valence-corrected chi connectivity index (χ0v) is 25.0. The summed E-state index contributed by atoms with van der Waals surface area (Å²) in [4.78, 5) is 15.7. The summed E-state index contributed by atoms with van der Waals surface area (Å²) in [5, 5.41) is 7.62. The molecule has 1 N–H and O–H groups in total. The normalized spacial score (nSPS) is 12.2. The van der Waals surface area contributed by atoms with Crippen molar-refractivity contribution in [3.05, 3.63) is 65.5 Å². The Bertz CT molecular complexity index is 1210. The Kier molecular flexibility index (Phi) is 10.4. The molecule has 7 nitrogen and oxygen atoms in total. The van der Waals surface area contributed by atoms with Gasteiger partial charge in [0, 0.05) is 55.9 Å². The van der Waals surface area contributed by atoms with Crippen LogP contribution in [0.15, 0.2) is 48.8 Å². The molecule has 3 rings (SSSR count). The molecule has 1 aromatic heterocycles. The molecule has 0 radical (unpaired) electrons. The first-order chi connectivity index (χ1) is 18.6. The number of unbranched alkanes of at least 4 members (excludes halogenated alkanes) is 2. The second-order valence-corrected chi connectivity index (χ2v) is 11.4. The Balaban J connectivity index is 1.95. The van der Waals surface area contributed by atoms with Gasteiger partial charge in [0.2, 0.25) is 5.91 Å². The van der Waals surface area contributed by atoms with Gasteiger partial charge in [-0.1, -0.05) is 59.1 Å². The lowest BCUT2D eigenvalue weighted by molar-refractivity contribution is -0.116. The highest BCUT2D eigenvalue weighted by molar-refractivity contribution is 5.92. The molecule has 1 atom stereocenters. The van der Waals surface area contributed by atoms with E-state index in [1.54, 1.807) is 20.4 Å². The van der Waals surface area contributed by atoms with Gasteiger partial charge >= 0.3 is 0 Å². The molecule has 0 aliphatic heterocycles. The Morgan fingerprint density at radius 3 is 2.46 bits per heavy atom. The first-order valence-corrected chi connectivity index (χ1v) is 13.9.